The lowest BCUT2D eigenvalue weighted by molar-refractivity contribution is -0.122. The van der Waals surface area contributed by atoms with E-state index in [1.54, 1.807) is 0 Å². The lowest BCUT2D eigenvalue weighted by Gasteiger charge is -2.08. The summed E-state index contributed by atoms with van der Waals surface area (Å²) in [5.74, 6) is 1.53. The summed E-state index contributed by atoms with van der Waals surface area (Å²) in [5.41, 5.74) is 1.09. The molecule has 1 nitrogen and oxygen atoms in total. The summed E-state index contributed by atoms with van der Waals surface area (Å²) in [6.45, 7) is 8.18. The molecule has 0 aromatic carbocycles. The molecule has 0 saturated heterocycles. The number of Topliss-reactive ketones (excluding diaryl/α,β-unsaturated/α-hetero) is 1. The summed E-state index contributed by atoms with van der Waals surface area (Å²) in [5, 5.41) is 0. The number of hydrogen-bond donors (Lipinski definition) is 0. The molecule has 0 spiro atoms. The minimum atomic E-state index is 0.346. The van der Waals surface area contributed by atoms with Crippen LogP contribution in [0.2, 0.25) is 0 Å². The van der Waals surface area contributed by atoms with Crippen LogP contribution in [0.1, 0.15) is 46.0 Å². The Morgan fingerprint density at radius 3 is 2.62 bits per heavy atom. The molecule has 2 unspecified atom stereocenters. The molecule has 1 aliphatic carbocycles. The lowest BCUT2D eigenvalue weighted by atomic mass is 9.95. The van der Waals surface area contributed by atoms with E-state index in [1.807, 2.05) is 0 Å². The van der Waals surface area contributed by atoms with Crippen molar-refractivity contribution in [3.8, 4) is 0 Å². The van der Waals surface area contributed by atoms with Gasteiger partial charge in [0.1, 0.15) is 5.78 Å². The third kappa shape index (κ3) is 2.98. The van der Waals surface area contributed by atoms with Gasteiger partial charge in [-0.1, -0.05) is 26.0 Å². The zero-order valence-corrected chi connectivity index (χ0v) is 8.81. The van der Waals surface area contributed by atoms with Gasteiger partial charge in [0, 0.05) is 12.3 Å². The Balaban J connectivity index is 2.36. The zero-order valence-electron chi connectivity index (χ0n) is 8.81. The maximum Gasteiger partial charge on any atom is 0.139 e. The molecule has 0 bridgehead atoms. The van der Waals surface area contributed by atoms with Crippen LogP contribution in [0, 0.1) is 11.8 Å². The van der Waals surface area contributed by atoms with Crippen molar-refractivity contribution >= 4 is 5.78 Å². The molecule has 0 N–H and O–H groups in total. The van der Waals surface area contributed by atoms with E-state index in [-0.39, 0.29) is 0 Å². The van der Waals surface area contributed by atoms with Crippen molar-refractivity contribution in [3.63, 3.8) is 0 Å². The van der Waals surface area contributed by atoms with E-state index in [2.05, 4.69) is 20.4 Å². The molecule has 1 rings (SSSR count). The van der Waals surface area contributed by atoms with Gasteiger partial charge in [0.25, 0.3) is 0 Å². The molecule has 0 heterocycles. The molecule has 0 aromatic heterocycles. The maximum atomic E-state index is 11.7. The van der Waals surface area contributed by atoms with E-state index in [0.29, 0.717) is 18.1 Å². The molecule has 0 radical (unpaired) electrons. The van der Waals surface area contributed by atoms with Crippen LogP contribution in [-0.4, -0.2) is 5.78 Å². The molecular weight excluding hydrogens is 160 g/mol. The normalized spacial score (nSPS) is 27.5. The Morgan fingerprint density at radius 1 is 1.46 bits per heavy atom. The van der Waals surface area contributed by atoms with Gasteiger partial charge in [-0.3, -0.25) is 4.79 Å². The first-order chi connectivity index (χ1) is 6.13. The first-order valence-corrected chi connectivity index (χ1v) is 5.32. The fraction of sp³-hybridized carbons (Fsp3) is 0.750. The Morgan fingerprint density at radius 2 is 2.15 bits per heavy atom. The minimum absolute atomic E-state index is 0.346. The number of hydrogen-bond acceptors (Lipinski definition) is 1. The number of carbonyl (C=O) groups is 1. The third-order valence-corrected chi connectivity index (χ3v) is 3.07. The fourth-order valence-corrected chi connectivity index (χ4v) is 2.02. The SMILES string of the molecule is C=C(CC)CC(=O)C1CCC(C)C1. The number of ketones is 1. The van der Waals surface area contributed by atoms with Crippen LogP contribution in [0.5, 0.6) is 0 Å². The standard InChI is InChI=1S/C12H20O/c1-4-9(2)8-12(13)11-6-5-10(3)7-11/h10-11H,2,4-8H2,1,3H3. The number of rotatable bonds is 4. The van der Waals surface area contributed by atoms with E-state index >= 15 is 0 Å². The molecule has 74 valence electrons. The van der Waals surface area contributed by atoms with Gasteiger partial charge in [-0.2, -0.15) is 0 Å². The maximum absolute atomic E-state index is 11.7. The fourth-order valence-electron chi connectivity index (χ4n) is 2.02. The Bertz CT molecular complexity index is 205. The van der Waals surface area contributed by atoms with Crippen molar-refractivity contribution in [2.24, 2.45) is 11.8 Å². The van der Waals surface area contributed by atoms with Crippen LogP contribution in [0.15, 0.2) is 12.2 Å². The minimum Gasteiger partial charge on any atom is -0.299 e. The molecule has 2 atom stereocenters. The smallest absolute Gasteiger partial charge is 0.139 e. The third-order valence-electron chi connectivity index (χ3n) is 3.07. The average molecular weight is 180 g/mol. The highest BCUT2D eigenvalue weighted by Crippen LogP contribution is 2.32. The van der Waals surface area contributed by atoms with Crippen LogP contribution in [0.4, 0.5) is 0 Å². The summed E-state index contributed by atoms with van der Waals surface area (Å²) in [4.78, 5) is 11.7. The zero-order chi connectivity index (χ0) is 9.84. The highest BCUT2D eigenvalue weighted by Gasteiger charge is 2.26. The van der Waals surface area contributed by atoms with E-state index in [4.69, 9.17) is 0 Å². The molecule has 1 heteroatoms. The van der Waals surface area contributed by atoms with Gasteiger partial charge in [0.05, 0.1) is 0 Å². The number of carbonyl (C=O) groups excluding carboxylic acids is 1. The highest BCUT2D eigenvalue weighted by atomic mass is 16.1. The van der Waals surface area contributed by atoms with Crippen molar-refractivity contribution < 1.29 is 4.79 Å². The van der Waals surface area contributed by atoms with Gasteiger partial charge in [-0.15, -0.1) is 0 Å². The van der Waals surface area contributed by atoms with Gasteiger partial charge in [-0.25, -0.2) is 0 Å². The Kier molecular flexibility index (Phi) is 3.71. The monoisotopic (exact) mass is 180 g/mol. The second kappa shape index (κ2) is 4.59. The highest BCUT2D eigenvalue weighted by molar-refractivity contribution is 5.83. The molecular formula is C12H20O. The van der Waals surface area contributed by atoms with E-state index in [1.165, 1.54) is 6.42 Å². The number of allylic oxidation sites excluding steroid dienone is 1. The van der Waals surface area contributed by atoms with E-state index < -0.39 is 0 Å². The average Bonchev–Trinajstić information content (AvgIpc) is 2.51. The van der Waals surface area contributed by atoms with E-state index in [0.717, 1.165) is 30.8 Å². The summed E-state index contributed by atoms with van der Waals surface area (Å²) in [6, 6.07) is 0. The van der Waals surface area contributed by atoms with Gasteiger partial charge in [-0.05, 0) is 31.6 Å². The van der Waals surface area contributed by atoms with Crippen LogP contribution >= 0.6 is 0 Å². The van der Waals surface area contributed by atoms with Crippen LogP contribution in [0.25, 0.3) is 0 Å². The molecule has 0 aromatic rings. The van der Waals surface area contributed by atoms with Crippen LogP contribution in [-0.2, 0) is 4.79 Å². The second-order valence-electron chi connectivity index (χ2n) is 4.36. The van der Waals surface area contributed by atoms with Crippen molar-refractivity contribution in [3.05, 3.63) is 12.2 Å². The molecule has 1 aliphatic rings. The molecule has 1 saturated carbocycles. The Hall–Kier alpha value is -0.590. The molecule has 1 fully saturated rings. The first-order valence-electron chi connectivity index (χ1n) is 5.32. The largest absolute Gasteiger partial charge is 0.299 e. The predicted octanol–water partition coefficient (Wildman–Crippen LogP) is 3.35. The van der Waals surface area contributed by atoms with Crippen molar-refractivity contribution in [1.29, 1.82) is 0 Å². The Labute approximate surface area is 81.2 Å². The van der Waals surface area contributed by atoms with Crippen LogP contribution in [0.3, 0.4) is 0 Å². The lowest BCUT2D eigenvalue weighted by Crippen LogP contribution is -2.11. The van der Waals surface area contributed by atoms with Gasteiger partial charge in [0.15, 0.2) is 0 Å². The van der Waals surface area contributed by atoms with Gasteiger partial charge < -0.3 is 0 Å². The van der Waals surface area contributed by atoms with Crippen molar-refractivity contribution in [2.45, 2.75) is 46.0 Å². The predicted molar refractivity (Wildman–Crippen MR) is 55.6 cm³/mol. The van der Waals surface area contributed by atoms with Gasteiger partial charge >= 0.3 is 0 Å². The molecule has 13 heavy (non-hydrogen) atoms. The first kappa shape index (κ1) is 10.5. The molecule has 0 amide bonds. The molecule has 0 aliphatic heterocycles. The summed E-state index contributed by atoms with van der Waals surface area (Å²) < 4.78 is 0. The van der Waals surface area contributed by atoms with Crippen molar-refractivity contribution in [2.75, 3.05) is 0 Å². The van der Waals surface area contributed by atoms with Crippen molar-refractivity contribution in [1.82, 2.24) is 0 Å². The second-order valence-corrected chi connectivity index (χ2v) is 4.36. The van der Waals surface area contributed by atoms with Gasteiger partial charge in [0.2, 0.25) is 0 Å². The quantitative estimate of drug-likeness (QED) is 0.606. The van der Waals surface area contributed by atoms with Crippen LogP contribution < -0.4 is 0 Å². The summed E-state index contributed by atoms with van der Waals surface area (Å²) in [7, 11) is 0. The topological polar surface area (TPSA) is 17.1 Å². The summed E-state index contributed by atoms with van der Waals surface area (Å²) >= 11 is 0. The van der Waals surface area contributed by atoms with E-state index in [9.17, 15) is 4.79 Å². The summed E-state index contributed by atoms with van der Waals surface area (Å²) in [6.07, 6.45) is 5.00.